The summed E-state index contributed by atoms with van der Waals surface area (Å²) >= 11 is 5.48. The van der Waals surface area contributed by atoms with Crippen molar-refractivity contribution < 1.29 is 13.3 Å². The van der Waals surface area contributed by atoms with E-state index in [-0.39, 0.29) is 11.4 Å². The molecule has 0 atom stereocenters. The predicted molar refractivity (Wildman–Crippen MR) is 60.4 cm³/mol. The molecule has 90 valence electrons. The number of benzene rings is 1. The molecule has 0 heterocycles. The van der Waals surface area contributed by atoms with E-state index < -0.39 is 30.1 Å². The van der Waals surface area contributed by atoms with Crippen molar-refractivity contribution in [3.8, 4) is 6.07 Å². The van der Waals surface area contributed by atoms with Gasteiger partial charge in [0, 0.05) is 22.6 Å². The summed E-state index contributed by atoms with van der Waals surface area (Å²) in [6.07, 6.45) is 0. The molecule has 9 heteroatoms. The number of nitro groups is 1. The molecule has 0 aromatic heterocycles. The molecule has 6 nitrogen and oxygen atoms in total. The zero-order valence-electron chi connectivity index (χ0n) is 8.05. The Kier molecular flexibility index (Phi) is 3.93. The third kappa shape index (κ3) is 2.85. The quantitative estimate of drug-likeness (QED) is 0.368. The second kappa shape index (κ2) is 4.87. The van der Waals surface area contributed by atoms with Gasteiger partial charge in [-0.2, -0.15) is 5.26 Å². The first-order valence-electron chi connectivity index (χ1n) is 4.03. The summed E-state index contributed by atoms with van der Waals surface area (Å²) in [5.41, 5.74) is -1.04. The van der Waals surface area contributed by atoms with E-state index in [2.05, 4.69) is 0 Å². The van der Waals surface area contributed by atoms with Gasteiger partial charge in [-0.1, -0.05) is 0 Å². The first kappa shape index (κ1) is 13.7. The average Bonchev–Trinajstić information content (AvgIpc) is 2.25. The zero-order chi connectivity index (χ0) is 13.2. The molecule has 0 aliphatic rings. The Morgan fingerprint density at radius 1 is 1.47 bits per heavy atom. The molecular formula is C8H4Cl2N2O4S. The fourth-order valence-corrected chi connectivity index (χ4v) is 2.39. The van der Waals surface area contributed by atoms with Crippen LogP contribution in [0.1, 0.15) is 11.1 Å². The third-order valence-corrected chi connectivity index (χ3v) is 3.52. The van der Waals surface area contributed by atoms with Crippen molar-refractivity contribution in [2.75, 3.05) is 0 Å². The highest BCUT2D eigenvalue weighted by atomic mass is 35.7. The molecule has 1 rings (SSSR count). The number of rotatable bonds is 3. The highest BCUT2D eigenvalue weighted by Crippen LogP contribution is 2.30. The van der Waals surface area contributed by atoms with Gasteiger partial charge in [0.2, 0.25) is 0 Å². The molecule has 0 amide bonds. The Morgan fingerprint density at radius 2 is 2.06 bits per heavy atom. The number of nitriles is 1. The number of halogens is 2. The lowest BCUT2D eigenvalue weighted by Crippen LogP contribution is -2.02. The van der Waals surface area contributed by atoms with Gasteiger partial charge in [0.25, 0.3) is 14.7 Å². The van der Waals surface area contributed by atoms with Crippen LogP contribution in [0.2, 0.25) is 0 Å². The van der Waals surface area contributed by atoms with Crippen LogP contribution in [0.5, 0.6) is 0 Å². The number of hydrogen-bond donors (Lipinski definition) is 0. The van der Waals surface area contributed by atoms with Crippen LogP contribution in [0.15, 0.2) is 17.0 Å². The van der Waals surface area contributed by atoms with Crippen molar-refractivity contribution in [2.24, 2.45) is 0 Å². The largest absolute Gasteiger partial charge is 0.288 e. The SMILES string of the molecule is N#Cc1c([N+](=O)[O-])cc(CCl)cc1S(=O)(=O)Cl. The third-order valence-electron chi connectivity index (χ3n) is 1.87. The summed E-state index contributed by atoms with van der Waals surface area (Å²) in [4.78, 5) is 9.24. The summed E-state index contributed by atoms with van der Waals surface area (Å²) < 4.78 is 22.4. The molecule has 0 spiro atoms. The number of nitro benzene ring substituents is 1. The number of nitrogens with zero attached hydrogens (tertiary/aromatic N) is 2. The molecule has 1 aromatic carbocycles. The van der Waals surface area contributed by atoms with E-state index >= 15 is 0 Å². The van der Waals surface area contributed by atoms with Gasteiger partial charge in [-0.15, -0.1) is 11.6 Å². The fourth-order valence-electron chi connectivity index (χ4n) is 1.18. The Balaban J connectivity index is 3.77. The van der Waals surface area contributed by atoms with E-state index in [1.54, 1.807) is 0 Å². The van der Waals surface area contributed by atoms with Gasteiger partial charge in [0.05, 0.1) is 4.92 Å². The molecular weight excluding hydrogens is 291 g/mol. The molecule has 0 unspecified atom stereocenters. The maximum Gasteiger partial charge on any atom is 0.288 e. The Morgan fingerprint density at radius 3 is 2.41 bits per heavy atom. The molecule has 0 saturated carbocycles. The van der Waals surface area contributed by atoms with E-state index in [0.29, 0.717) is 0 Å². The summed E-state index contributed by atoms with van der Waals surface area (Å²) in [7, 11) is 0.856. The molecule has 0 fully saturated rings. The second-order valence-corrected chi connectivity index (χ2v) is 5.73. The smallest absolute Gasteiger partial charge is 0.258 e. The van der Waals surface area contributed by atoms with Crippen molar-refractivity contribution in [1.29, 1.82) is 5.26 Å². The lowest BCUT2D eigenvalue weighted by molar-refractivity contribution is -0.385. The lowest BCUT2D eigenvalue weighted by atomic mass is 10.1. The van der Waals surface area contributed by atoms with E-state index in [0.717, 1.165) is 12.1 Å². The summed E-state index contributed by atoms with van der Waals surface area (Å²) in [5, 5.41) is 19.5. The Bertz CT molecular complexity index is 621. The van der Waals surface area contributed by atoms with E-state index in [1.807, 2.05) is 0 Å². The highest BCUT2D eigenvalue weighted by Gasteiger charge is 2.26. The number of alkyl halides is 1. The maximum atomic E-state index is 11.2. The van der Waals surface area contributed by atoms with Crippen molar-refractivity contribution >= 4 is 37.0 Å². The highest BCUT2D eigenvalue weighted by molar-refractivity contribution is 8.13. The minimum absolute atomic E-state index is 0.133. The molecule has 0 radical (unpaired) electrons. The first-order valence-corrected chi connectivity index (χ1v) is 6.87. The minimum Gasteiger partial charge on any atom is -0.258 e. The van der Waals surface area contributed by atoms with Crippen molar-refractivity contribution in [3.05, 3.63) is 33.4 Å². The number of hydrogen-bond acceptors (Lipinski definition) is 5. The summed E-state index contributed by atoms with van der Waals surface area (Å²) in [6.45, 7) is 0. The Labute approximate surface area is 106 Å². The molecule has 17 heavy (non-hydrogen) atoms. The monoisotopic (exact) mass is 294 g/mol. The predicted octanol–water partition coefficient (Wildman–Crippen LogP) is 2.13. The average molecular weight is 295 g/mol. The lowest BCUT2D eigenvalue weighted by Gasteiger charge is -2.03. The van der Waals surface area contributed by atoms with Gasteiger partial charge in [-0.05, 0) is 11.6 Å². The van der Waals surface area contributed by atoms with Crippen LogP contribution in [0, 0.1) is 21.4 Å². The van der Waals surface area contributed by atoms with Crippen molar-refractivity contribution in [2.45, 2.75) is 10.8 Å². The second-order valence-electron chi connectivity index (χ2n) is 2.93. The first-order chi connectivity index (χ1) is 7.81. The van der Waals surface area contributed by atoms with Crippen LogP contribution in [-0.2, 0) is 14.9 Å². The molecule has 0 aliphatic heterocycles. The van der Waals surface area contributed by atoms with E-state index in [4.69, 9.17) is 27.5 Å². The van der Waals surface area contributed by atoms with Gasteiger partial charge in [0.1, 0.15) is 16.5 Å². The van der Waals surface area contributed by atoms with E-state index in [1.165, 1.54) is 6.07 Å². The van der Waals surface area contributed by atoms with Crippen LogP contribution in [0.4, 0.5) is 5.69 Å². The Hall–Kier alpha value is -1.36. The van der Waals surface area contributed by atoms with Gasteiger partial charge in [-0.25, -0.2) is 8.42 Å². The van der Waals surface area contributed by atoms with E-state index in [9.17, 15) is 18.5 Å². The molecule has 0 saturated heterocycles. The van der Waals surface area contributed by atoms with Crippen LogP contribution >= 0.6 is 22.3 Å². The maximum absolute atomic E-state index is 11.2. The van der Waals surface area contributed by atoms with Gasteiger partial charge in [-0.3, -0.25) is 10.1 Å². The molecule has 0 N–H and O–H groups in total. The van der Waals surface area contributed by atoms with Crippen LogP contribution in [0.3, 0.4) is 0 Å². The standard InChI is InChI=1S/C8H4Cl2N2O4S/c9-3-5-1-7(12(13)14)6(4-11)8(2-5)17(10,15)16/h1-2H,3H2. The summed E-state index contributed by atoms with van der Waals surface area (Å²) in [6, 6.07) is 3.54. The molecule has 0 bridgehead atoms. The van der Waals surface area contributed by atoms with Crippen molar-refractivity contribution in [1.82, 2.24) is 0 Å². The summed E-state index contributed by atoms with van der Waals surface area (Å²) in [5.74, 6) is -0.133. The van der Waals surface area contributed by atoms with Crippen LogP contribution in [-0.4, -0.2) is 13.3 Å². The normalized spacial score (nSPS) is 10.9. The van der Waals surface area contributed by atoms with Crippen LogP contribution < -0.4 is 0 Å². The van der Waals surface area contributed by atoms with Gasteiger partial charge in [0.15, 0.2) is 0 Å². The topological polar surface area (TPSA) is 101 Å². The zero-order valence-corrected chi connectivity index (χ0v) is 10.4. The molecule has 1 aromatic rings. The minimum atomic E-state index is -4.25. The van der Waals surface area contributed by atoms with Gasteiger partial charge < -0.3 is 0 Å². The van der Waals surface area contributed by atoms with Crippen molar-refractivity contribution in [3.63, 3.8) is 0 Å². The van der Waals surface area contributed by atoms with Gasteiger partial charge >= 0.3 is 0 Å². The molecule has 0 aliphatic carbocycles. The fraction of sp³-hybridized carbons (Fsp3) is 0.125. The van der Waals surface area contributed by atoms with Crippen LogP contribution in [0.25, 0.3) is 0 Å².